The second kappa shape index (κ2) is 6.72. The maximum absolute atomic E-state index is 12.3. The van der Waals surface area contributed by atoms with E-state index in [0.717, 1.165) is 11.4 Å². The highest BCUT2D eigenvalue weighted by Gasteiger charge is 2.33. The lowest BCUT2D eigenvalue weighted by Crippen LogP contribution is -2.50. The van der Waals surface area contributed by atoms with Crippen LogP contribution in [0.2, 0.25) is 0 Å². The van der Waals surface area contributed by atoms with E-state index in [4.69, 9.17) is 4.74 Å². The Morgan fingerprint density at radius 3 is 2.64 bits per heavy atom. The number of carbonyl (C=O) groups excluding carboxylic acids is 1. The minimum absolute atomic E-state index is 0.0198. The number of nitrogens with zero attached hydrogens (tertiary/aromatic N) is 5. The summed E-state index contributed by atoms with van der Waals surface area (Å²) in [4.78, 5) is 18.0. The van der Waals surface area contributed by atoms with Gasteiger partial charge in [-0.25, -0.2) is 4.68 Å². The van der Waals surface area contributed by atoms with Crippen LogP contribution in [0.4, 0.5) is 0 Å². The molecule has 0 atom stereocenters. The van der Waals surface area contributed by atoms with Gasteiger partial charge in [0, 0.05) is 31.0 Å². The van der Waals surface area contributed by atoms with Crippen LogP contribution >= 0.6 is 0 Å². The average Bonchev–Trinajstić information content (AvgIpc) is 3.09. The normalized spacial score (nSPS) is 14.2. The number of benzene rings is 1. The first-order valence-electron chi connectivity index (χ1n) is 8.07. The summed E-state index contributed by atoms with van der Waals surface area (Å²) >= 11 is 0. The van der Waals surface area contributed by atoms with Crippen molar-refractivity contribution in [1.82, 2.24) is 24.9 Å². The zero-order valence-electron chi connectivity index (χ0n) is 13.5. The first kappa shape index (κ1) is 15.3. The first-order valence-corrected chi connectivity index (χ1v) is 8.07. The molecular formula is C18H17N5O2. The summed E-state index contributed by atoms with van der Waals surface area (Å²) in [6.07, 6.45) is 5.13. The predicted molar refractivity (Wildman–Crippen MR) is 90.0 cm³/mol. The Hall–Kier alpha value is -3.22. The molecule has 1 aromatic carbocycles. The van der Waals surface area contributed by atoms with Gasteiger partial charge in [0.2, 0.25) is 0 Å². The van der Waals surface area contributed by atoms with Crippen LogP contribution in [0.1, 0.15) is 22.1 Å². The molecule has 0 unspecified atom stereocenters. The molecule has 3 heterocycles. The van der Waals surface area contributed by atoms with Crippen LogP contribution in [0.3, 0.4) is 0 Å². The zero-order valence-corrected chi connectivity index (χ0v) is 13.5. The molecule has 0 bridgehead atoms. The van der Waals surface area contributed by atoms with Gasteiger partial charge in [0.15, 0.2) is 0 Å². The van der Waals surface area contributed by atoms with Gasteiger partial charge < -0.3 is 9.64 Å². The third-order valence-electron chi connectivity index (χ3n) is 4.14. The summed E-state index contributed by atoms with van der Waals surface area (Å²) in [7, 11) is 0. The SMILES string of the molecule is O=C(c1ccncc1)N1CC(n2cc(COc3ccccc3)nn2)C1. The Labute approximate surface area is 144 Å². The number of hydrogen-bond donors (Lipinski definition) is 0. The molecule has 0 aliphatic carbocycles. The fourth-order valence-electron chi connectivity index (χ4n) is 2.70. The third kappa shape index (κ3) is 3.35. The van der Waals surface area contributed by atoms with Crippen molar-refractivity contribution < 1.29 is 9.53 Å². The Morgan fingerprint density at radius 1 is 1.12 bits per heavy atom. The largest absolute Gasteiger partial charge is 0.487 e. The fourth-order valence-corrected chi connectivity index (χ4v) is 2.70. The molecule has 0 radical (unpaired) electrons. The summed E-state index contributed by atoms with van der Waals surface area (Å²) in [6, 6.07) is 13.2. The summed E-state index contributed by atoms with van der Waals surface area (Å²) in [5.41, 5.74) is 1.42. The van der Waals surface area contributed by atoms with Crippen LogP contribution in [0.25, 0.3) is 0 Å². The van der Waals surface area contributed by atoms with Crippen LogP contribution in [0.5, 0.6) is 5.75 Å². The number of ether oxygens (including phenoxy) is 1. The highest BCUT2D eigenvalue weighted by atomic mass is 16.5. The molecule has 1 aliphatic rings. The van der Waals surface area contributed by atoms with Crippen LogP contribution in [-0.4, -0.2) is 43.9 Å². The van der Waals surface area contributed by atoms with Gasteiger partial charge >= 0.3 is 0 Å². The van der Waals surface area contributed by atoms with Gasteiger partial charge in [-0.15, -0.1) is 5.10 Å². The van der Waals surface area contributed by atoms with Gasteiger partial charge in [0.05, 0.1) is 12.2 Å². The van der Waals surface area contributed by atoms with E-state index in [2.05, 4.69) is 15.3 Å². The molecule has 1 amide bonds. The summed E-state index contributed by atoms with van der Waals surface area (Å²) in [6.45, 7) is 1.63. The molecule has 1 aliphatic heterocycles. The zero-order chi connectivity index (χ0) is 17.1. The van der Waals surface area contributed by atoms with Crippen molar-refractivity contribution >= 4 is 5.91 Å². The van der Waals surface area contributed by atoms with E-state index in [1.165, 1.54) is 0 Å². The van der Waals surface area contributed by atoms with Gasteiger partial charge in [0.25, 0.3) is 5.91 Å². The van der Waals surface area contributed by atoms with Crippen LogP contribution in [-0.2, 0) is 6.61 Å². The predicted octanol–water partition coefficient (Wildman–Crippen LogP) is 1.95. The van der Waals surface area contributed by atoms with Crippen LogP contribution in [0, 0.1) is 0 Å². The molecule has 1 saturated heterocycles. The van der Waals surface area contributed by atoms with Gasteiger partial charge in [-0.3, -0.25) is 9.78 Å². The quantitative estimate of drug-likeness (QED) is 0.712. The van der Waals surface area contributed by atoms with Crippen molar-refractivity contribution in [3.63, 3.8) is 0 Å². The average molecular weight is 335 g/mol. The van der Waals surface area contributed by atoms with E-state index < -0.39 is 0 Å². The smallest absolute Gasteiger partial charge is 0.254 e. The topological polar surface area (TPSA) is 73.1 Å². The molecule has 0 N–H and O–H groups in total. The van der Waals surface area contributed by atoms with E-state index >= 15 is 0 Å². The van der Waals surface area contributed by atoms with Crippen molar-refractivity contribution in [1.29, 1.82) is 0 Å². The highest BCUT2D eigenvalue weighted by molar-refractivity contribution is 5.94. The van der Waals surface area contributed by atoms with Gasteiger partial charge in [-0.2, -0.15) is 0 Å². The van der Waals surface area contributed by atoms with E-state index in [-0.39, 0.29) is 11.9 Å². The number of carbonyl (C=O) groups is 1. The summed E-state index contributed by atoms with van der Waals surface area (Å²) in [5.74, 6) is 0.821. The molecular weight excluding hydrogens is 318 g/mol. The minimum atomic E-state index is 0.0198. The maximum atomic E-state index is 12.3. The molecule has 2 aromatic heterocycles. The summed E-state index contributed by atoms with van der Waals surface area (Å²) < 4.78 is 7.47. The molecule has 25 heavy (non-hydrogen) atoms. The second-order valence-electron chi connectivity index (χ2n) is 5.89. The number of amides is 1. The molecule has 7 heteroatoms. The Morgan fingerprint density at radius 2 is 1.88 bits per heavy atom. The van der Waals surface area contributed by atoms with Crippen molar-refractivity contribution in [2.45, 2.75) is 12.6 Å². The molecule has 4 rings (SSSR count). The third-order valence-corrected chi connectivity index (χ3v) is 4.14. The number of aromatic nitrogens is 4. The molecule has 126 valence electrons. The lowest BCUT2D eigenvalue weighted by Gasteiger charge is -2.38. The molecule has 0 saturated carbocycles. The van der Waals surface area contributed by atoms with Gasteiger partial charge in [0.1, 0.15) is 18.1 Å². The van der Waals surface area contributed by atoms with E-state index in [1.54, 1.807) is 34.1 Å². The number of likely N-dealkylation sites (tertiary alicyclic amines) is 1. The molecule has 3 aromatic rings. The van der Waals surface area contributed by atoms with E-state index in [0.29, 0.717) is 25.3 Å². The molecule has 1 fully saturated rings. The van der Waals surface area contributed by atoms with Crippen LogP contribution in [0.15, 0.2) is 61.1 Å². The van der Waals surface area contributed by atoms with Crippen LogP contribution < -0.4 is 4.74 Å². The highest BCUT2D eigenvalue weighted by Crippen LogP contribution is 2.22. The van der Waals surface area contributed by atoms with Crippen molar-refractivity contribution in [3.8, 4) is 5.75 Å². The first-order chi connectivity index (χ1) is 12.3. The molecule has 0 spiro atoms. The lowest BCUT2D eigenvalue weighted by atomic mass is 10.1. The van der Waals surface area contributed by atoms with Gasteiger partial charge in [-0.1, -0.05) is 23.4 Å². The summed E-state index contributed by atoms with van der Waals surface area (Å²) in [5, 5.41) is 8.29. The maximum Gasteiger partial charge on any atom is 0.254 e. The Bertz CT molecular complexity index is 844. The minimum Gasteiger partial charge on any atom is -0.487 e. The number of para-hydroxylation sites is 1. The van der Waals surface area contributed by atoms with E-state index in [1.807, 2.05) is 36.5 Å². The van der Waals surface area contributed by atoms with Crippen molar-refractivity contribution in [3.05, 3.63) is 72.3 Å². The van der Waals surface area contributed by atoms with Crippen molar-refractivity contribution in [2.75, 3.05) is 13.1 Å². The molecule has 7 nitrogen and oxygen atoms in total. The van der Waals surface area contributed by atoms with Gasteiger partial charge in [-0.05, 0) is 24.3 Å². The monoisotopic (exact) mass is 335 g/mol. The van der Waals surface area contributed by atoms with E-state index in [9.17, 15) is 4.79 Å². The number of pyridine rings is 1. The van der Waals surface area contributed by atoms with Crippen molar-refractivity contribution in [2.24, 2.45) is 0 Å². The second-order valence-corrected chi connectivity index (χ2v) is 5.89. The number of rotatable bonds is 5. The standard InChI is InChI=1S/C18H17N5O2/c24-18(14-6-8-19-9-7-14)22-11-16(12-22)23-10-15(20-21-23)13-25-17-4-2-1-3-5-17/h1-10,16H,11-13H2. The Kier molecular flexibility index (Phi) is 4.12. The lowest BCUT2D eigenvalue weighted by molar-refractivity contribution is 0.0498. The number of hydrogen-bond acceptors (Lipinski definition) is 5. The fraction of sp³-hybridized carbons (Fsp3) is 0.222. The Balaban J connectivity index is 1.31.